The zero-order valence-electron chi connectivity index (χ0n) is 22.6. The number of anilines is 1. The maximum absolute atomic E-state index is 4.76. The molecule has 7 rings (SSSR count). The molecule has 200 valence electrons. The highest BCUT2D eigenvalue weighted by Crippen LogP contribution is 2.34. The number of H-pyrrole nitrogens is 2. The molecule has 2 aromatic carbocycles. The Morgan fingerprint density at radius 2 is 1.65 bits per heavy atom. The highest BCUT2D eigenvalue weighted by Gasteiger charge is 2.20. The quantitative estimate of drug-likeness (QED) is 0.264. The van der Waals surface area contributed by atoms with Gasteiger partial charge in [-0.3, -0.25) is 10.1 Å². The maximum Gasteiger partial charge on any atom is 0.138 e. The summed E-state index contributed by atoms with van der Waals surface area (Å²) < 4.78 is 0. The minimum atomic E-state index is 0.758. The molecule has 8 nitrogen and oxygen atoms in total. The number of benzene rings is 2. The second-order valence-electron chi connectivity index (χ2n) is 10.6. The Bertz CT molecular complexity index is 1760. The highest BCUT2D eigenvalue weighted by molar-refractivity contribution is 6.00. The Morgan fingerprint density at radius 1 is 0.800 bits per heavy atom. The van der Waals surface area contributed by atoms with Gasteiger partial charge in [0.2, 0.25) is 0 Å². The Morgan fingerprint density at radius 3 is 2.52 bits per heavy atom. The Kier molecular flexibility index (Phi) is 6.47. The number of hydrogen-bond acceptors (Lipinski definition) is 6. The van der Waals surface area contributed by atoms with Crippen LogP contribution in [0.2, 0.25) is 0 Å². The van der Waals surface area contributed by atoms with Gasteiger partial charge in [0.15, 0.2) is 0 Å². The molecular weight excluding hydrogens is 496 g/mol. The molecule has 40 heavy (non-hydrogen) atoms. The first-order chi connectivity index (χ1) is 19.7. The van der Waals surface area contributed by atoms with Gasteiger partial charge in [0.05, 0.1) is 16.7 Å². The van der Waals surface area contributed by atoms with Gasteiger partial charge in [0.1, 0.15) is 11.5 Å². The lowest BCUT2D eigenvalue weighted by molar-refractivity contribution is 0.312. The number of nitrogens with zero attached hydrogens (tertiary/aromatic N) is 5. The molecule has 0 radical (unpaired) electrons. The smallest absolute Gasteiger partial charge is 0.138 e. The van der Waals surface area contributed by atoms with E-state index in [0.29, 0.717) is 0 Å². The molecule has 5 heterocycles. The molecule has 1 saturated heterocycles. The predicted molar refractivity (Wildman–Crippen MR) is 161 cm³/mol. The van der Waals surface area contributed by atoms with Crippen LogP contribution in [0.1, 0.15) is 11.1 Å². The summed E-state index contributed by atoms with van der Waals surface area (Å²) in [5.74, 6) is 1.04. The van der Waals surface area contributed by atoms with Crippen LogP contribution in [0.15, 0.2) is 85.3 Å². The zero-order chi connectivity index (χ0) is 26.9. The molecule has 0 aliphatic carbocycles. The van der Waals surface area contributed by atoms with Crippen molar-refractivity contribution in [2.45, 2.75) is 13.1 Å². The number of aromatic nitrogens is 5. The van der Waals surface area contributed by atoms with Gasteiger partial charge < -0.3 is 20.1 Å². The fraction of sp³-hybridized carbons (Fsp3) is 0.219. The van der Waals surface area contributed by atoms with Crippen molar-refractivity contribution < 1.29 is 0 Å². The highest BCUT2D eigenvalue weighted by atomic mass is 15.3. The number of likely N-dealkylation sites (N-methyl/N-ethyl adjacent to an activating group) is 1. The standard InChI is InChI=1S/C32H32N8/c1-39-11-13-40(14-12-39)32-27-17-30(36-28(27)9-10-35-32)31-26-16-24(7-8-29(26)37-38-31)25-15-23(20-34-21-25)19-33-18-22-5-3-2-4-6-22/h2-10,15-17,20-21,33,36H,11-14,18-19H2,1H3,(H,37,38). The summed E-state index contributed by atoms with van der Waals surface area (Å²) in [5.41, 5.74) is 8.60. The van der Waals surface area contributed by atoms with Crippen molar-refractivity contribution in [3.05, 3.63) is 96.4 Å². The van der Waals surface area contributed by atoms with E-state index < -0.39 is 0 Å². The molecule has 0 amide bonds. The summed E-state index contributed by atoms with van der Waals surface area (Å²) in [7, 11) is 2.17. The minimum Gasteiger partial charge on any atom is -0.353 e. The number of pyridine rings is 2. The normalized spacial score (nSPS) is 14.4. The Balaban J connectivity index is 1.17. The van der Waals surface area contributed by atoms with Gasteiger partial charge in [-0.15, -0.1) is 0 Å². The average molecular weight is 529 g/mol. The third-order valence-electron chi connectivity index (χ3n) is 7.78. The van der Waals surface area contributed by atoms with Gasteiger partial charge in [-0.1, -0.05) is 36.4 Å². The van der Waals surface area contributed by atoms with E-state index in [1.165, 1.54) is 5.56 Å². The van der Waals surface area contributed by atoms with Crippen molar-refractivity contribution in [3.8, 4) is 22.5 Å². The number of fused-ring (bicyclic) bond motifs is 2. The number of nitrogens with one attached hydrogen (secondary N) is 3. The van der Waals surface area contributed by atoms with Crippen LogP contribution in [0.3, 0.4) is 0 Å². The predicted octanol–water partition coefficient (Wildman–Crippen LogP) is 5.21. The summed E-state index contributed by atoms with van der Waals surface area (Å²) in [6.07, 6.45) is 5.75. The summed E-state index contributed by atoms with van der Waals surface area (Å²) >= 11 is 0. The molecule has 0 spiro atoms. The van der Waals surface area contributed by atoms with Crippen molar-refractivity contribution in [1.29, 1.82) is 0 Å². The molecule has 0 atom stereocenters. The van der Waals surface area contributed by atoms with Crippen molar-refractivity contribution in [2.75, 3.05) is 38.1 Å². The fourth-order valence-electron chi connectivity index (χ4n) is 5.52. The van der Waals surface area contributed by atoms with Crippen LogP contribution in [0.5, 0.6) is 0 Å². The molecule has 1 fully saturated rings. The van der Waals surface area contributed by atoms with Crippen LogP contribution in [0.25, 0.3) is 44.3 Å². The molecule has 3 N–H and O–H groups in total. The molecule has 0 saturated carbocycles. The lowest BCUT2D eigenvalue weighted by Crippen LogP contribution is -2.44. The number of rotatable bonds is 7. The van der Waals surface area contributed by atoms with Crippen LogP contribution in [0, 0.1) is 0 Å². The fourth-order valence-corrected chi connectivity index (χ4v) is 5.52. The van der Waals surface area contributed by atoms with Crippen molar-refractivity contribution in [3.63, 3.8) is 0 Å². The Labute approximate surface area is 233 Å². The van der Waals surface area contributed by atoms with Crippen LogP contribution in [-0.4, -0.2) is 63.3 Å². The SMILES string of the molecule is CN1CCN(c2nccc3[nH]c(-c4n[nH]c5ccc(-c6cncc(CNCc7ccccc7)c6)cc45)cc23)CC1. The number of hydrogen-bond donors (Lipinski definition) is 3. The lowest BCUT2D eigenvalue weighted by atomic mass is 10.0. The van der Waals surface area contributed by atoms with Gasteiger partial charge in [-0.25, -0.2) is 4.98 Å². The van der Waals surface area contributed by atoms with Crippen molar-refractivity contribution >= 4 is 27.6 Å². The summed E-state index contributed by atoms with van der Waals surface area (Å²) in [6.45, 7) is 5.63. The van der Waals surface area contributed by atoms with E-state index in [4.69, 9.17) is 10.1 Å². The molecule has 0 unspecified atom stereocenters. The first-order valence-electron chi connectivity index (χ1n) is 13.8. The van der Waals surface area contributed by atoms with Gasteiger partial charge in [-0.05, 0) is 54.1 Å². The largest absolute Gasteiger partial charge is 0.353 e. The van der Waals surface area contributed by atoms with Crippen LogP contribution < -0.4 is 10.2 Å². The summed E-state index contributed by atoms with van der Waals surface area (Å²) in [5, 5.41) is 13.7. The second-order valence-corrected chi connectivity index (χ2v) is 10.6. The molecule has 1 aliphatic heterocycles. The molecular formula is C32H32N8. The topological polar surface area (TPSA) is 88.8 Å². The first-order valence-corrected chi connectivity index (χ1v) is 13.8. The molecule has 4 aromatic heterocycles. The van der Waals surface area contributed by atoms with Gasteiger partial charge in [-0.2, -0.15) is 5.10 Å². The number of piperazine rings is 1. The van der Waals surface area contributed by atoms with E-state index in [9.17, 15) is 0 Å². The number of aromatic amines is 2. The minimum absolute atomic E-state index is 0.758. The van der Waals surface area contributed by atoms with E-state index in [2.05, 4.69) is 91.8 Å². The summed E-state index contributed by atoms with van der Waals surface area (Å²) in [6, 6.07) is 23.3. The monoisotopic (exact) mass is 528 g/mol. The third-order valence-corrected chi connectivity index (χ3v) is 7.78. The van der Waals surface area contributed by atoms with Gasteiger partial charge >= 0.3 is 0 Å². The van der Waals surface area contributed by atoms with E-state index in [1.807, 2.05) is 30.7 Å². The van der Waals surface area contributed by atoms with Crippen molar-refractivity contribution in [2.24, 2.45) is 0 Å². The molecule has 1 aliphatic rings. The average Bonchev–Trinajstić information content (AvgIpc) is 3.62. The molecule has 6 aromatic rings. The van der Waals surface area contributed by atoms with E-state index in [-0.39, 0.29) is 0 Å². The van der Waals surface area contributed by atoms with E-state index >= 15 is 0 Å². The Hall–Kier alpha value is -4.53. The molecule has 8 heteroatoms. The maximum atomic E-state index is 4.76. The zero-order valence-corrected chi connectivity index (χ0v) is 22.6. The van der Waals surface area contributed by atoms with Gasteiger partial charge in [0.25, 0.3) is 0 Å². The first kappa shape index (κ1) is 24.5. The van der Waals surface area contributed by atoms with Gasteiger partial charge in [0, 0.05) is 74.2 Å². The van der Waals surface area contributed by atoms with E-state index in [0.717, 1.165) is 95.0 Å². The lowest BCUT2D eigenvalue weighted by Gasteiger charge is -2.33. The van der Waals surface area contributed by atoms with E-state index in [1.54, 1.807) is 0 Å². The third kappa shape index (κ3) is 4.83. The van der Waals surface area contributed by atoms with Crippen LogP contribution in [0.4, 0.5) is 5.82 Å². The van der Waals surface area contributed by atoms with Crippen LogP contribution >= 0.6 is 0 Å². The van der Waals surface area contributed by atoms with Crippen LogP contribution in [-0.2, 0) is 13.1 Å². The molecule has 0 bridgehead atoms. The second kappa shape index (κ2) is 10.6. The van der Waals surface area contributed by atoms with Crippen molar-refractivity contribution in [1.82, 2.24) is 35.4 Å². The summed E-state index contributed by atoms with van der Waals surface area (Å²) in [4.78, 5) is 17.6.